The summed E-state index contributed by atoms with van der Waals surface area (Å²) in [5.41, 5.74) is 4.36. The summed E-state index contributed by atoms with van der Waals surface area (Å²) in [5.74, 6) is 1.36. The number of ketones is 1. The van der Waals surface area contributed by atoms with E-state index in [-0.39, 0.29) is 5.78 Å². The number of aromatic nitrogens is 4. The van der Waals surface area contributed by atoms with Crippen LogP contribution in [0.3, 0.4) is 0 Å². The number of thioether (sulfide) groups is 1. The zero-order chi connectivity index (χ0) is 19.7. The van der Waals surface area contributed by atoms with Crippen LogP contribution in [0.5, 0.6) is 5.75 Å². The first-order valence-electron chi connectivity index (χ1n) is 9.04. The molecule has 0 aliphatic heterocycles. The van der Waals surface area contributed by atoms with E-state index in [1.54, 1.807) is 20.1 Å². The SMILES string of the molecule is CCn1c2ccccc2c2nnc(SCc3cc(C(C)=O)ccc3OC)nc21. The van der Waals surface area contributed by atoms with E-state index in [4.69, 9.17) is 9.72 Å². The Hall–Kier alpha value is -2.93. The Balaban J connectivity index is 1.69. The lowest BCUT2D eigenvalue weighted by atomic mass is 10.1. The molecule has 0 amide bonds. The molecule has 0 bridgehead atoms. The van der Waals surface area contributed by atoms with E-state index in [1.807, 2.05) is 30.3 Å². The highest BCUT2D eigenvalue weighted by Crippen LogP contribution is 2.30. The van der Waals surface area contributed by atoms with Gasteiger partial charge in [-0.1, -0.05) is 30.0 Å². The van der Waals surface area contributed by atoms with Crippen molar-refractivity contribution >= 4 is 39.6 Å². The molecule has 2 aromatic carbocycles. The molecule has 0 radical (unpaired) electrons. The first-order valence-corrected chi connectivity index (χ1v) is 10.0. The number of carbonyl (C=O) groups is 1. The summed E-state index contributed by atoms with van der Waals surface area (Å²) < 4.78 is 7.58. The van der Waals surface area contributed by atoms with E-state index in [1.165, 1.54) is 11.8 Å². The van der Waals surface area contributed by atoms with Crippen molar-refractivity contribution in [2.75, 3.05) is 7.11 Å². The van der Waals surface area contributed by atoms with Crippen LogP contribution < -0.4 is 4.74 Å². The van der Waals surface area contributed by atoms with E-state index < -0.39 is 0 Å². The van der Waals surface area contributed by atoms with Gasteiger partial charge in [-0.2, -0.15) is 0 Å². The van der Waals surface area contributed by atoms with Gasteiger partial charge in [-0.3, -0.25) is 4.79 Å². The van der Waals surface area contributed by atoms with Crippen molar-refractivity contribution in [2.24, 2.45) is 0 Å². The number of aryl methyl sites for hydroxylation is 1. The minimum atomic E-state index is 0.0284. The zero-order valence-electron chi connectivity index (χ0n) is 16.0. The second-order valence-electron chi connectivity index (χ2n) is 6.40. The number of benzene rings is 2. The summed E-state index contributed by atoms with van der Waals surface area (Å²) >= 11 is 1.48. The van der Waals surface area contributed by atoms with Gasteiger partial charge in [0.1, 0.15) is 11.3 Å². The van der Waals surface area contributed by atoms with Crippen molar-refractivity contribution in [3.63, 3.8) is 0 Å². The molecule has 6 nitrogen and oxygen atoms in total. The maximum Gasteiger partial charge on any atom is 0.211 e. The fourth-order valence-corrected chi connectivity index (χ4v) is 4.08. The Morgan fingerprint density at radius 1 is 1.18 bits per heavy atom. The zero-order valence-corrected chi connectivity index (χ0v) is 16.8. The number of fused-ring (bicyclic) bond motifs is 3. The number of Topliss-reactive ketones (excluding diaryl/α,β-unsaturated/α-hetero) is 1. The normalized spacial score (nSPS) is 11.2. The molecule has 0 spiro atoms. The first-order chi connectivity index (χ1) is 13.6. The molecule has 0 aliphatic carbocycles. The summed E-state index contributed by atoms with van der Waals surface area (Å²) in [6.45, 7) is 4.46. The van der Waals surface area contributed by atoms with Gasteiger partial charge in [-0.05, 0) is 38.1 Å². The average Bonchev–Trinajstić information content (AvgIpc) is 3.04. The topological polar surface area (TPSA) is 69.9 Å². The molecule has 0 saturated carbocycles. The molecule has 7 heteroatoms. The highest BCUT2D eigenvalue weighted by Gasteiger charge is 2.14. The molecular formula is C21H20N4O2S. The third-order valence-electron chi connectivity index (χ3n) is 4.71. The average molecular weight is 392 g/mol. The van der Waals surface area contributed by atoms with Crippen LogP contribution in [0.2, 0.25) is 0 Å². The van der Waals surface area contributed by atoms with E-state index in [0.29, 0.717) is 16.5 Å². The summed E-state index contributed by atoms with van der Waals surface area (Å²) in [7, 11) is 1.63. The van der Waals surface area contributed by atoms with Crippen LogP contribution in [0.15, 0.2) is 47.6 Å². The molecule has 4 rings (SSSR count). The Morgan fingerprint density at radius 3 is 2.75 bits per heavy atom. The van der Waals surface area contributed by atoms with Crippen LogP contribution in [0.4, 0.5) is 0 Å². The van der Waals surface area contributed by atoms with E-state index in [2.05, 4.69) is 27.8 Å². The van der Waals surface area contributed by atoms with Crippen LogP contribution in [0.1, 0.15) is 29.8 Å². The predicted molar refractivity (Wildman–Crippen MR) is 111 cm³/mol. The highest BCUT2D eigenvalue weighted by atomic mass is 32.2. The van der Waals surface area contributed by atoms with Crippen LogP contribution in [-0.4, -0.2) is 32.6 Å². The molecule has 0 atom stereocenters. The number of nitrogens with zero attached hydrogens (tertiary/aromatic N) is 4. The van der Waals surface area contributed by atoms with Gasteiger partial charge in [0.2, 0.25) is 5.16 Å². The van der Waals surface area contributed by atoms with Crippen molar-refractivity contribution in [2.45, 2.75) is 31.3 Å². The number of hydrogen-bond acceptors (Lipinski definition) is 6. The quantitative estimate of drug-likeness (QED) is 0.355. The first kappa shape index (κ1) is 18.4. The van der Waals surface area contributed by atoms with Crippen molar-refractivity contribution < 1.29 is 9.53 Å². The summed E-state index contributed by atoms with van der Waals surface area (Å²) in [6.07, 6.45) is 0. The number of hydrogen-bond donors (Lipinski definition) is 0. The van der Waals surface area contributed by atoms with Gasteiger partial charge >= 0.3 is 0 Å². The lowest BCUT2D eigenvalue weighted by molar-refractivity contribution is 0.101. The number of ether oxygens (including phenoxy) is 1. The fourth-order valence-electron chi connectivity index (χ4n) is 3.32. The number of carbonyl (C=O) groups excluding carboxylic acids is 1. The smallest absolute Gasteiger partial charge is 0.211 e. The molecule has 0 fully saturated rings. The van der Waals surface area contributed by atoms with Gasteiger partial charge in [0.25, 0.3) is 0 Å². The largest absolute Gasteiger partial charge is 0.496 e. The Morgan fingerprint density at radius 2 is 2.00 bits per heavy atom. The minimum Gasteiger partial charge on any atom is -0.496 e. The minimum absolute atomic E-state index is 0.0284. The molecule has 0 unspecified atom stereocenters. The van der Waals surface area contributed by atoms with E-state index in [0.717, 1.165) is 39.9 Å². The highest BCUT2D eigenvalue weighted by molar-refractivity contribution is 7.98. The second-order valence-corrected chi connectivity index (χ2v) is 7.34. The molecular weight excluding hydrogens is 372 g/mol. The summed E-state index contributed by atoms with van der Waals surface area (Å²) in [6, 6.07) is 13.6. The Labute approximate surface area is 166 Å². The molecule has 0 aliphatic rings. The van der Waals surface area contributed by atoms with E-state index >= 15 is 0 Å². The third kappa shape index (κ3) is 3.22. The Kier molecular flexibility index (Phi) is 5.00. The molecule has 28 heavy (non-hydrogen) atoms. The molecule has 0 N–H and O–H groups in total. The van der Waals surface area contributed by atoms with Crippen molar-refractivity contribution in [3.05, 3.63) is 53.6 Å². The molecule has 2 heterocycles. The molecule has 2 aromatic heterocycles. The van der Waals surface area contributed by atoms with Crippen LogP contribution in [0, 0.1) is 0 Å². The summed E-state index contributed by atoms with van der Waals surface area (Å²) in [4.78, 5) is 16.4. The van der Waals surface area contributed by atoms with Gasteiger partial charge in [-0.25, -0.2) is 4.98 Å². The van der Waals surface area contributed by atoms with Crippen LogP contribution >= 0.6 is 11.8 Å². The van der Waals surface area contributed by atoms with Crippen LogP contribution in [-0.2, 0) is 12.3 Å². The number of para-hydroxylation sites is 1. The Bertz CT molecular complexity index is 1190. The van der Waals surface area contributed by atoms with Crippen molar-refractivity contribution in [1.29, 1.82) is 0 Å². The number of rotatable bonds is 6. The van der Waals surface area contributed by atoms with Gasteiger partial charge < -0.3 is 9.30 Å². The van der Waals surface area contributed by atoms with Gasteiger partial charge in [-0.15, -0.1) is 10.2 Å². The standard InChI is InChI=1S/C21H20N4O2S/c1-4-25-17-8-6-5-7-16(17)19-20(25)22-21(24-23-19)28-12-15-11-14(13(2)26)9-10-18(15)27-3/h5-11H,4,12H2,1-3H3. The lowest BCUT2D eigenvalue weighted by Gasteiger charge is -2.09. The maximum atomic E-state index is 11.7. The van der Waals surface area contributed by atoms with Crippen molar-refractivity contribution in [1.82, 2.24) is 19.7 Å². The predicted octanol–water partition coefficient (Wildman–Crippen LogP) is 4.50. The van der Waals surface area contributed by atoms with Crippen molar-refractivity contribution in [3.8, 4) is 5.75 Å². The van der Waals surface area contributed by atoms with Crippen LogP contribution in [0.25, 0.3) is 22.1 Å². The third-order valence-corrected chi connectivity index (χ3v) is 5.60. The van der Waals surface area contributed by atoms with Gasteiger partial charge in [0, 0.05) is 28.8 Å². The molecule has 142 valence electrons. The summed E-state index contributed by atoms with van der Waals surface area (Å²) in [5, 5.41) is 10.4. The van der Waals surface area contributed by atoms with Gasteiger partial charge in [0.15, 0.2) is 11.4 Å². The fraction of sp³-hybridized carbons (Fsp3) is 0.238. The lowest BCUT2D eigenvalue weighted by Crippen LogP contribution is -2.00. The maximum absolute atomic E-state index is 11.7. The second kappa shape index (κ2) is 7.59. The monoisotopic (exact) mass is 392 g/mol. The van der Waals surface area contributed by atoms with Gasteiger partial charge in [0.05, 0.1) is 12.6 Å². The molecule has 0 saturated heterocycles. The number of methoxy groups -OCH3 is 1. The van der Waals surface area contributed by atoms with E-state index in [9.17, 15) is 4.79 Å². The molecule has 4 aromatic rings.